The van der Waals surface area contributed by atoms with Gasteiger partial charge in [0, 0.05) is 5.75 Å². The van der Waals surface area contributed by atoms with Crippen molar-refractivity contribution in [1.29, 1.82) is 0 Å². The van der Waals surface area contributed by atoms with E-state index < -0.39 is 4.75 Å². The summed E-state index contributed by atoms with van der Waals surface area (Å²) in [6.45, 7) is 2.06. The summed E-state index contributed by atoms with van der Waals surface area (Å²) < 4.78 is -0.528. The number of hydrogen-bond donors (Lipinski definition) is 0. The minimum atomic E-state index is -0.528. The molecular weight excluding hydrogens is 278 g/mol. The fourth-order valence-electron chi connectivity index (χ4n) is 2.65. The first-order chi connectivity index (χ1) is 10.3. The van der Waals surface area contributed by atoms with Crippen LogP contribution in [0.2, 0.25) is 0 Å². The summed E-state index contributed by atoms with van der Waals surface area (Å²) in [6.07, 6.45) is 0.756. The molecular formula is C18H17NOS. The Morgan fingerprint density at radius 3 is 2.24 bits per heavy atom. The highest BCUT2D eigenvalue weighted by molar-refractivity contribution is 8.01. The number of aliphatic imine (C=N–C) groups is 1. The number of carbonyl (C=O) groups is 1. The second-order valence-electron chi connectivity index (χ2n) is 5.06. The maximum atomic E-state index is 12.7. The third kappa shape index (κ3) is 2.54. The van der Waals surface area contributed by atoms with Crippen LogP contribution >= 0.6 is 11.8 Å². The Morgan fingerprint density at radius 2 is 1.67 bits per heavy atom. The van der Waals surface area contributed by atoms with E-state index in [2.05, 4.69) is 11.9 Å². The molecule has 3 rings (SSSR count). The number of nitrogens with zero attached hydrogens (tertiary/aromatic N) is 1. The van der Waals surface area contributed by atoms with E-state index in [9.17, 15) is 4.79 Å². The van der Waals surface area contributed by atoms with Crippen LogP contribution in [0.25, 0.3) is 0 Å². The van der Waals surface area contributed by atoms with E-state index in [1.807, 2.05) is 60.7 Å². The molecule has 0 saturated heterocycles. The summed E-state index contributed by atoms with van der Waals surface area (Å²) in [4.78, 5) is 17.1. The second-order valence-corrected chi connectivity index (χ2v) is 6.34. The van der Waals surface area contributed by atoms with Crippen LogP contribution < -0.4 is 0 Å². The first-order valence-electron chi connectivity index (χ1n) is 7.13. The summed E-state index contributed by atoms with van der Waals surface area (Å²) in [6, 6.07) is 19.9. The number of thioether (sulfide) groups is 1. The maximum absolute atomic E-state index is 12.7. The van der Waals surface area contributed by atoms with Crippen LogP contribution in [0.15, 0.2) is 65.7 Å². The zero-order valence-corrected chi connectivity index (χ0v) is 12.8. The standard InChI is InChI=1S/C18H17NOS/c1-2-18(15-11-7-4-8-12-15)17(20)19-16(13-21-18)14-9-5-3-6-10-14/h3-12H,2,13H2,1H3/t18-/m1/s1. The van der Waals surface area contributed by atoms with Gasteiger partial charge in [0.1, 0.15) is 4.75 Å². The molecule has 2 aromatic rings. The van der Waals surface area contributed by atoms with Gasteiger partial charge in [-0.1, -0.05) is 67.6 Å². The van der Waals surface area contributed by atoms with Crippen molar-refractivity contribution in [2.75, 3.05) is 5.75 Å². The number of hydrogen-bond acceptors (Lipinski definition) is 2. The third-order valence-corrected chi connectivity index (χ3v) is 5.49. The Kier molecular flexibility index (Phi) is 3.93. The summed E-state index contributed by atoms with van der Waals surface area (Å²) in [5.74, 6) is 0.727. The van der Waals surface area contributed by atoms with Crippen LogP contribution in [-0.2, 0) is 9.54 Å². The number of rotatable bonds is 3. The van der Waals surface area contributed by atoms with E-state index >= 15 is 0 Å². The van der Waals surface area contributed by atoms with Gasteiger partial charge in [-0.2, -0.15) is 0 Å². The van der Waals surface area contributed by atoms with Crippen molar-refractivity contribution in [3.63, 3.8) is 0 Å². The molecule has 21 heavy (non-hydrogen) atoms. The minimum absolute atomic E-state index is 0.0358. The Hall–Kier alpha value is -1.87. The SMILES string of the molecule is CC[C@]1(c2ccccc2)SCC(c2ccccc2)=NC1=O. The molecule has 0 aliphatic carbocycles. The van der Waals surface area contributed by atoms with Gasteiger partial charge in [0.25, 0.3) is 5.91 Å². The summed E-state index contributed by atoms with van der Waals surface area (Å²) in [5.41, 5.74) is 2.97. The van der Waals surface area contributed by atoms with Gasteiger partial charge in [0.2, 0.25) is 0 Å². The molecule has 1 aliphatic heterocycles. The fraction of sp³-hybridized carbons (Fsp3) is 0.222. The van der Waals surface area contributed by atoms with Crippen molar-refractivity contribution >= 4 is 23.4 Å². The Bertz CT molecular complexity index is 666. The van der Waals surface area contributed by atoms with E-state index in [1.54, 1.807) is 11.8 Å². The Labute approximate surface area is 129 Å². The van der Waals surface area contributed by atoms with Crippen LogP contribution in [0.3, 0.4) is 0 Å². The molecule has 0 unspecified atom stereocenters. The predicted molar refractivity (Wildman–Crippen MR) is 88.9 cm³/mol. The molecule has 3 heteroatoms. The molecule has 1 heterocycles. The molecule has 0 N–H and O–H groups in total. The van der Waals surface area contributed by atoms with E-state index in [4.69, 9.17) is 0 Å². The molecule has 0 bridgehead atoms. The van der Waals surface area contributed by atoms with E-state index in [0.717, 1.165) is 29.0 Å². The molecule has 1 aliphatic rings. The van der Waals surface area contributed by atoms with E-state index in [-0.39, 0.29) is 5.91 Å². The normalized spacial score (nSPS) is 22.0. The van der Waals surface area contributed by atoms with Crippen LogP contribution in [0, 0.1) is 0 Å². The lowest BCUT2D eigenvalue weighted by Gasteiger charge is -2.33. The largest absolute Gasteiger partial charge is 0.271 e. The lowest BCUT2D eigenvalue weighted by Crippen LogP contribution is -2.36. The molecule has 0 aromatic heterocycles. The highest BCUT2D eigenvalue weighted by Gasteiger charge is 2.42. The number of benzene rings is 2. The molecule has 2 aromatic carbocycles. The van der Waals surface area contributed by atoms with Crippen molar-refractivity contribution in [3.8, 4) is 0 Å². The second kappa shape index (κ2) is 5.86. The van der Waals surface area contributed by atoms with E-state index in [0.29, 0.717) is 0 Å². The predicted octanol–water partition coefficient (Wildman–Crippen LogP) is 4.05. The topological polar surface area (TPSA) is 29.4 Å². The van der Waals surface area contributed by atoms with Gasteiger partial charge < -0.3 is 0 Å². The van der Waals surface area contributed by atoms with Crippen molar-refractivity contribution in [3.05, 3.63) is 71.8 Å². The van der Waals surface area contributed by atoms with Gasteiger partial charge in [-0.05, 0) is 17.5 Å². The summed E-state index contributed by atoms with van der Waals surface area (Å²) >= 11 is 1.69. The van der Waals surface area contributed by atoms with Crippen molar-refractivity contribution in [2.45, 2.75) is 18.1 Å². The highest BCUT2D eigenvalue weighted by Crippen LogP contribution is 2.43. The van der Waals surface area contributed by atoms with Crippen LogP contribution in [0.1, 0.15) is 24.5 Å². The molecule has 1 amide bonds. The fourth-order valence-corrected chi connectivity index (χ4v) is 3.94. The van der Waals surface area contributed by atoms with E-state index in [1.165, 1.54) is 0 Å². The van der Waals surface area contributed by atoms with Gasteiger partial charge in [0.15, 0.2) is 0 Å². The monoisotopic (exact) mass is 295 g/mol. The van der Waals surface area contributed by atoms with Gasteiger partial charge in [-0.3, -0.25) is 4.79 Å². The van der Waals surface area contributed by atoms with Gasteiger partial charge >= 0.3 is 0 Å². The minimum Gasteiger partial charge on any atom is -0.271 e. The molecule has 106 valence electrons. The number of carbonyl (C=O) groups excluding carboxylic acids is 1. The smallest absolute Gasteiger partial charge is 0.266 e. The quantitative estimate of drug-likeness (QED) is 0.854. The first kappa shape index (κ1) is 14.1. The summed E-state index contributed by atoms with van der Waals surface area (Å²) in [7, 11) is 0. The molecule has 1 atom stereocenters. The first-order valence-corrected chi connectivity index (χ1v) is 8.12. The van der Waals surface area contributed by atoms with Gasteiger partial charge in [-0.15, -0.1) is 11.8 Å². The lowest BCUT2D eigenvalue weighted by molar-refractivity contribution is -0.120. The van der Waals surface area contributed by atoms with Gasteiger partial charge in [0.05, 0.1) is 5.71 Å². The van der Waals surface area contributed by atoms with Crippen LogP contribution in [0.5, 0.6) is 0 Å². The van der Waals surface area contributed by atoms with Gasteiger partial charge in [-0.25, -0.2) is 4.99 Å². The third-order valence-electron chi connectivity index (χ3n) is 3.88. The molecule has 0 radical (unpaired) electrons. The van der Waals surface area contributed by atoms with Crippen molar-refractivity contribution in [2.24, 2.45) is 4.99 Å². The van der Waals surface area contributed by atoms with Crippen LogP contribution in [-0.4, -0.2) is 17.4 Å². The Balaban J connectivity index is 1.98. The average Bonchev–Trinajstić information content (AvgIpc) is 2.57. The zero-order chi connectivity index (χ0) is 14.7. The number of amides is 1. The summed E-state index contributed by atoms with van der Waals surface area (Å²) in [5, 5.41) is 0. The molecule has 0 saturated carbocycles. The highest BCUT2D eigenvalue weighted by atomic mass is 32.2. The molecule has 0 spiro atoms. The average molecular weight is 295 g/mol. The van der Waals surface area contributed by atoms with Crippen molar-refractivity contribution in [1.82, 2.24) is 0 Å². The van der Waals surface area contributed by atoms with Crippen LogP contribution in [0.4, 0.5) is 0 Å². The zero-order valence-electron chi connectivity index (χ0n) is 12.0. The molecule has 0 fully saturated rings. The molecule has 2 nitrogen and oxygen atoms in total. The Morgan fingerprint density at radius 1 is 1.05 bits per heavy atom. The maximum Gasteiger partial charge on any atom is 0.266 e. The lowest BCUT2D eigenvalue weighted by atomic mass is 9.94. The van der Waals surface area contributed by atoms with Crippen molar-refractivity contribution < 1.29 is 4.79 Å².